The van der Waals surface area contributed by atoms with Crippen LogP contribution >= 0.6 is 0 Å². The third kappa shape index (κ3) is 4.60. The summed E-state index contributed by atoms with van der Waals surface area (Å²) in [5, 5.41) is 14.6. The third-order valence-electron chi connectivity index (χ3n) is 3.32. The molecule has 0 saturated heterocycles. The fourth-order valence-corrected chi connectivity index (χ4v) is 2.15. The van der Waals surface area contributed by atoms with Crippen molar-refractivity contribution in [1.29, 1.82) is 0 Å². The van der Waals surface area contributed by atoms with E-state index in [1.165, 1.54) is 39.7 Å². The van der Waals surface area contributed by atoms with Gasteiger partial charge in [-0.1, -0.05) is 17.3 Å². The fourth-order valence-electron chi connectivity index (χ4n) is 2.15. The van der Waals surface area contributed by atoms with Crippen LogP contribution in [0.2, 0.25) is 0 Å². The number of benzene rings is 2. The van der Waals surface area contributed by atoms with Gasteiger partial charge in [-0.15, -0.1) is 0 Å². The molecule has 2 rings (SSSR count). The summed E-state index contributed by atoms with van der Waals surface area (Å²) in [6, 6.07) is 9.63. The maximum absolute atomic E-state index is 10.7. The summed E-state index contributed by atoms with van der Waals surface area (Å²) in [6.45, 7) is 0.114. The lowest BCUT2D eigenvalue weighted by molar-refractivity contribution is -0.384. The van der Waals surface area contributed by atoms with E-state index in [1.54, 1.807) is 24.3 Å². The predicted molar refractivity (Wildman–Crippen MR) is 91.6 cm³/mol. The highest BCUT2D eigenvalue weighted by Gasteiger charge is 2.12. The number of methoxy groups -OCH3 is 3. The van der Waals surface area contributed by atoms with E-state index in [0.29, 0.717) is 28.4 Å². The minimum absolute atomic E-state index is 0.00899. The number of nitro groups is 1. The second-order valence-corrected chi connectivity index (χ2v) is 4.89. The molecule has 8 nitrogen and oxygen atoms in total. The van der Waals surface area contributed by atoms with Crippen molar-refractivity contribution in [2.75, 3.05) is 21.3 Å². The predicted octanol–water partition coefficient (Wildman–Crippen LogP) is 3.17. The van der Waals surface area contributed by atoms with Gasteiger partial charge in [-0.05, 0) is 17.7 Å². The van der Waals surface area contributed by atoms with Crippen LogP contribution in [0.25, 0.3) is 0 Å². The molecule has 0 aromatic heterocycles. The molecular formula is C17H18N2O6. The SMILES string of the molecule is COc1cc(/C=N\OCc2cccc([N+](=O)[O-])c2)cc(OC)c1OC. The van der Waals surface area contributed by atoms with Crippen molar-refractivity contribution in [3.05, 3.63) is 57.6 Å². The molecule has 0 aliphatic carbocycles. The Kier molecular flexibility index (Phi) is 6.16. The van der Waals surface area contributed by atoms with Gasteiger partial charge in [-0.3, -0.25) is 10.1 Å². The van der Waals surface area contributed by atoms with E-state index in [2.05, 4.69) is 5.16 Å². The van der Waals surface area contributed by atoms with Crippen molar-refractivity contribution in [2.24, 2.45) is 5.16 Å². The Balaban J connectivity index is 2.07. The monoisotopic (exact) mass is 346 g/mol. The van der Waals surface area contributed by atoms with Gasteiger partial charge in [0, 0.05) is 17.7 Å². The van der Waals surface area contributed by atoms with Crippen LogP contribution in [0.5, 0.6) is 17.2 Å². The molecule has 0 unspecified atom stereocenters. The second-order valence-electron chi connectivity index (χ2n) is 4.89. The Hall–Kier alpha value is -3.29. The average molecular weight is 346 g/mol. The lowest BCUT2D eigenvalue weighted by Gasteiger charge is -2.12. The summed E-state index contributed by atoms with van der Waals surface area (Å²) in [5.74, 6) is 1.49. The van der Waals surface area contributed by atoms with E-state index in [1.807, 2.05) is 0 Å². The van der Waals surface area contributed by atoms with Crippen molar-refractivity contribution >= 4 is 11.9 Å². The first-order valence-electron chi connectivity index (χ1n) is 7.27. The third-order valence-corrected chi connectivity index (χ3v) is 3.32. The Morgan fingerprint density at radius 1 is 1.08 bits per heavy atom. The minimum Gasteiger partial charge on any atom is -0.493 e. The van der Waals surface area contributed by atoms with E-state index in [4.69, 9.17) is 19.0 Å². The Labute approximate surface area is 144 Å². The van der Waals surface area contributed by atoms with Crippen LogP contribution in [0.1, 0.15) is 11.1 Å². The molecule has 2 aromatic rings. The smallest absolute Gasteiger partial charge is 0.269 e. The van der Waals surface area contributed by atoms with Crippen LogP contribution < -0.4 is 14.2 Å². The van der Waals surface area contributed by atoms with Crippen LogP contribution in [0.3, 0.4) is 0 Å². The molecule has 0 aliphatic heterocycles. The Morgan fingerprint density at radius 3 is 2.32 bits per heavy atom. The fraction of sp³-hybridized carbons (Fsp3) is 0.235. The zero-order valence-electron chi connectivity index (χ0n) is 14.1. The molecule has 0 fully saturated rings. The van der Waals surface area contributed by atoms with Crippen molar-refractivity contribution in [3.63, 3.8) is 0 Å². The van der Waals surface area contributed by atoms with Crippen molar-refractivity contribution < 1.29 is 24.0 Å². The normalized spacial score (nSPS) is 10.5. The Bertz CT molecular complexity index is 750. The molecule has 0 bridgehead atoms. The maximum atomic E-state index is 10.7. The zero-order valence-corrected chi connectivity index (χ0v) is 14.1. The second kappa shape index (κ2) is 8.53. The van der Waals surface area contributed by atoms with Gasteiger partial charge in [0.2, 0.25) is 5.75 Å². The summed E-state index contributed by atoms with van der Waals surface area (Å²) in [5.41, 5.74) is 1.35. The molecule has 0 spiro atoms. The van der Waals surface area contributed by atoms with Gasteiger partial charge in [0.05, 0.1) is 32.5 Å². The lowest BCUT2D eigenvalue weighted by atomic mass is 10.2. The molecular weight excluding hydrogens is 328 g/mol. The minimum atomic E-state index is -0.456. The highest BCUT2D eigenvalue weighted by atomic mass is 16.6. The molecule has 132 valence electrons. The summed E-state index contributed by atoms with van der Waals surface area (Å²) in [4.78, 5) is 15.5. The summed E-state index contributed by atoms with van der Waals surface area (Å²) < 4.78 is 15.8. The van der Waals surface area contributed by atoms with Crippen LogP contribution in [0.4, 0.5) is 5.69 Å². The maximum Gasteiger partial charge on any atom is 0.269 e. The van der Waals surface area contributed by atoms with E-state index < -0.39 is 4.92 Å². The number of hydrogen-bond donors (Lipinski definition) is 0. The number of nitrogens with zero attached hydrogens (tertiary/aromatic N) is 2. The van der Waals surface area contributed by atoms with Gasteiger partial charge < -0.3 is 19.0 Å². The van der Waals surface area contributed by atoms with Gasteiger partial charge in [0.15, 0.2) is 11.5 Å². The molecule has 0 atom stereocenters. The van der Waals surface area contributed by atoms with Gasteiger partial charge in [0.25, 0.3) is 5.69 Å². The van der Waals surface area contributed by atoms with Gasteiger partial charge in [-0.25, -0.2) is 0 Å². The number of ether oxygens (including phenoxy) is 3. The van der Waals surface area contributed by atoms with Crippen LogP contribution in [0.15, 0.2) is 41.6 Å². The standard InChI is InChI=1S/C17H18N2O6/c1-22-15-8-13(9-16(23-2)17(15)24-3)10-18-25-11-12-5-4-6-14(7-12)19(20)21/h4-10H,11H2,1-3H3/b18-10-. The highest BCUT2D eigenvalue weighted by molar-refractivity contribution is 5.82. The summed E-state index contributed by atoms with van der Waals surface area (Å²) >= 11 is 0. The summed E-state index contributed by atoms with van der Waals surface area (Å²) in [7, 11) is 4.57. The number of oxime groups is 1. The molecule has 0 N–H and O–H groups in total. The first-order valence-corrected chi connectivity index (χ1v) is 7.27. The van der Waals surface area contributed by atoms with E-state index >= 15 is 0 Å². The molecule has 0 aliphatic rings. The highest BCUT2D eigenvalue weighted by Crippen LogP contribution is 2.37. The topological polar surface area (TPSA) is 92.4 Å². The number of nitro benzene ring substituents is 1. The van der Waals surface area contributed by atoms with E-state index in [0.717, 1.165) is 0 Å². The number of rotatable bonds is 8. The molecule has 8 heteroatoms. The zero-order chi connectivity index (χ0) is 18.2. The molecule has 0 amide bonds. The lowest BCUT2D eigenvalue weighted by Crippen LogP contribution is -1.97. The molecule has 2 aromatic carbocycles. The first-order chi connectivity index (χ1) is 12.1. The molecule has 0 saturated carbocycles. The first kappa shape index (κ1) is 18.1. The van der Waals surface area contributed by atoms with Crippen molar-refractivity contribution in [1.82, 2.24) is 0 Å². The van der Waals surface area contributed by atoms with Crippen molar-refractivity contribution in [2.45, 2.75) is 6.61 Å². The number of hydrogen-bond acceptors (Lipinski definition) is 7. The molecule has 0 heterocycles. The number of non-ortho nitro benzene ring substituents is 1. The molecule has 25 heavy (non-hydrogen) atoms. The van der Waals surface area contributed by atoms with Gasteiger partial charge >= 0.3 is 0 Å². The Morgan fingerprint density at radius 2 is 1.76 bits per heavy atom. The van der Waals surface area contributed by atoms with E-state index in [-0.39, 0.29) is 12.3 Å². The van der Waals surface area contributed by atoms with E-state index in [9.17, 15) is 10.1 Å². The quantitative estimate of drug-likeness (QED) is 0.414. The van der Waals surface area contributed by atoms with Gasteiger partial charge in [0.1, 0.15) is 6.61 Å². The van der Waals surface area contributed by atoms with Crippen LogP contribution in [0, 0.1) is 10.1 Å². The largest absolute Gasteiger partial charge is 0.493 e. The van der Waals surface area contributed by atoms with Crippen molar-refractivity contribution in [3.8, 4) is 17.2 Å². The summed E-state index contributed by atoms with van der Waals surface area (Å²) in [6.07, 6.45) is 1.49. The van der Waals surface area contributed by atoms with Crippen LogP contribution in [-0.2, 0) is 11.4 Å². The van der Waals surface area contributed by atoms with Gasteiger partial charge in [-0.2, -0.15) is 0 Å². The average Bonchev–Trinajstić information content (AvgIpc) is 2.64. The van der Waals surface area contributed by atoms with Crippen LogP contribution in [-0.4, -0.2) is 32.5 Å². The molecule has 0 radical (unpaired) electrons.